The van der Waals surface area contributed by atoms with Gasteiger partial charge >= 0.3 is 6.36 Å². The van der Waals surface area contributed by atoms with E-state index in [9.17, 15) is 13.2 Å². The molecule has 2 aromatic carbocycles. The minimum atomic E-state index is -4.77. The van der Waals surface area contributed by atoms with E-state index in [1.165, 1.54) is 29.3 Å². The molecule has 0 saturated heterocycles. The zero-order valence-corrected chi connectivity index (χ0v) is 15.4. The number of nitrogens with one attached hydrogen (secondary N) is 1. The summed E-state index contributed by atoms with van der Waals surface area (Å²) in [5, 5.41) is 2.67. The largest absolute Gasteiger partial charge is 0.573 e. The Bertz CT molecular complexity index is 823. The maximum absolute atomic E-state index is 12.5. The van der Waals surface area contributed by atoms with Gasteiger partial charge in [0.2, 0.25) is 0 Å². The summed E-state index contributed by atoms with van der Waals surface area (Å²) in [5.41, 5.74) is 8.70. The summed E-state index contributed by atoms with van der Waals surface area (Å²) in [6.45, 7) is 3.31. The first-order valence-corrected chi connectivity index (χ1v) is 9.11. The molecular weight excluding hydrogens is 369 g/mol. The molecule has 3 rings (SSSR count). The fraction of sp³-hybridized carbons (Fsp3) is 0.350. The van der Waals surface area contributed by atoms with Crippen LogP contribution in [-0.2, 0) is 13.0 Å². The number of halogens is 3. The number of aliphatic imine (C=N–C) groups is 1. The lowest BCUT2D eigenvalue weighted by molar-refractivity contribution is -0.274. The van der Waals surface area contributed by atoms with Crippen molar-refractivity contribution in [2.45, 2.75) is 25.7 Å². The standard InChI is InChI=1S/C20H23F3N4O/c21-20(22,23)28-18-9-4-3-8-17(18)26-19(24)25-11-5-12-27-13-10-15-6-1-2-7-16(15)14-27/h1-4,6-9H,5,10-14H2,(H3,24,25,26). The third-order valence-corrected chi connectivity index (χ3v) is 4.50. The zero-order chi connectivity index (χ0) is 20.0. The Balaban J connectivity index is 1.47. The number of benzene rings is 2. The monoisotopic (exact) mass is 392 g/mol. The lowest BCUT2D eigenvalue weighted by atomic mass is 10.00. The van der Waals surface area contributed by atoms with Gasteiger partial charge in [-0.25, -0.2) is 0 Å². The molecule has 5 nitrogen and oxygen atoms in total. The minimum Gasteiger partial charge on any atom is -0.404 e. The predicted octanol–water partition coefficient (Wildman–Crippen LogP) is 3.76. The molecule has 0 bridgehead atoms. The van der Waals surface area contributed by atoms with Crippen LogP contribution in [-0.4, -0.2) is 36.9 Å². The molecule has 1 aliphatic rings. The van der Waals surface area contributed by atoms with Crippen molar-refractivity contribution in [3.05, 3.63) is 59.7 Å². The molecule has 0 amide bonds. The third kappa shape index (κ3) is 5.88. The lowest BCUT2D eigenvalue weighted by Gasteiger charge is -2.28. The van der Waals surface area contributed by atoms with Crippen LogP contribution in [0.15, 0.2) is 53.5 Å². The number of guanidine groups is 1. The van der Waals surface area contributed by atoms with Crippen LogP contribution in [0.1, 0.15) is 17.5 Å². The normalized spacial score (nSPS) is 15.2. The number of para-hydroxylation sites is 2. The van der Waals surface area contributed by atoms with Gasteiger partial charge in [0.15, 0.2) is 11.7 Å². The predicted molar refractivity (Wildman–Crippen MR) is 103 cm³/mol. The van der Waals surface area contributed by atoms with E-state index < -0.39 is 6.36 Å². The van der Waals surface area contributed by atoms with Gasteiger partial charge in [-0.1, -0.05) is 36.4 Å². The molecule has 1 heterocycles. The van der Waals surface area contributed by atoms with Gasteiger partial charge in [0.1, 0.15) is 0 Å². The zero-order valence-electron chi connectivity index (χ0n) is 15.4. The molecule has 0 unspecified atom stereocenters. The first-order chi connectivity index (χ1) is 13.4. The molecule has 0 aromatic heterocycles. The highest BCUT2D eigenvalue weighted by Crippen LogP contribution is 2.29. The molecule has 0 radical (unpaired) electrons. The summed E-state index contributed by atoms with van der Waals surface area (Å²) in [7, 11) is 0. The van der Waals surface area contributed by atoms with Crippen molar-refractivity contribution in [2.24, 2.45) is 10.7 Å². The summed E-state index contributed by atoms with van der Waals surface area (Å²) in [6.07, 6.45) is -2.92. The molecule has 0 spiro atoms. The topological polar surface area (TPSA) is 62.9 Å². The summed E-state index contributed by atoms with van der Waals surface area (Å²) in [6, 6.07) is 14.2. The number of rotatable bonds is 6. The number of fused-ring (bicyclic) bond motifs is 1. The van der Waals surface area contributed by atoms with Gasteiger partial charge in [0, 0.05) is 26.2 Å². The molecule has 0 aliphatic carbocycles. The van der Waals surface area contributed by atoms with E-state index in [1.807, 2.05) is 0 Å². The lowest BCUT2D eigenvalue weighted by Crippen LogP contribution is -2.31. The van der Waals surface area contributed by atoms with E-state index in [0.29, 0.717) is 6.54 Å². The molecule has 0 atom stereocenters. The van der Waals surface area contributed by atoms with Crippen LogP contribution >= 0.6 is 0 Å². The number of nitrogens with two attached hydrogens (primary N) is 1. The van der Waals surface area contributed by atoms with Crippen molar-refractivity contribution in [3.8, 4) is 5.75 Å². The van der Waals surface area contributed by atoms with E-state index in [-0.39, 0.29) is 17.4 Å². The van der Waals surface area contributed by atoms with E-state index >= 15 is 0 Å². The van der Waals surface area contributed by atoms with E-state index in [1.54, 1.807) is 6.07 Å². The number of ether oxygens (including phenoxy) is 1. The second-order valence-corrected chi connectivity index (χ2v) is 6.58. The van der Waals surface area contributed by atoms with Crippen molar-refractivity contribution in [3.63, 3.8) is 0 Å². The number of hydrogen-bond donors (Lipinski definition) is 2. The fourth-order valence-electron chi connectivity index (χ4n) is 3.20. The van der Waals surface area contributed by atoms with Crippen LogP contribution in [0.4, 0.5) is 18.9 Å². The highest BCUT2D eigenvalue weighted by molar-refractivity contribution is 5.93. The fourth-order valence-corrected chi connectivity index (χ4v) is 3.20. The maximum Gasteiger partial charge on any atom is 0.573 e. The van der Waals surface area contributed by atoms with Crippen LogP contribution in [0.3, 0.4) is 0 Å². The molecule has 150 valence electrons. The first-order valence-electron chi connectivity index (χ1n) is 9.11. The van der Waals surface area contributed by atoms with Gasteiger partial charge in [-0.2, -0.15) is 0 Å². The van der Waals surface area contributed by atoms with Crippen molar-refractivity contribution < 1.29 is 17.9 Å². The molecule has 0 fully saturated rings. The molecule has 3 N–H and O–H groups in total. The number of alkyl halides is 3. The van der Waals surface area contributed by atoms with Crippen LogP contribution in [0.5, 0.6) is 5.75 Å². The molecule has 28 heavy (non-hydrogen) atoms. The van der Waals surface area contributed by atoms with Gasteiger partial charge < -0.3 is 15.8 Å². The summed E-state index contributed by atoms with van der Waals surface area (Å²) in [5.74, 6) is -0.289. The highest BCUT2D eigenvalue weighted by Gasteiger charge is 2.32. The van der Waals surface area contributed by atoms with Crippen molar-refractivity contribution in [2.75, 3.05) is 25.0 Å². The van der Waals surface area contributed by atoms with Crippen LogP contribution < -0.4 is 15.8 Å². The Morgan fingerprint density at radius 1 is 1.11 bits per heavy atom. The highest BCUT2D eigenvalue weighted by atomic mass is 19.4. The molecule has 0 saturated carbocycles. The van der Waals surface area contributed by atoms with E-state index in [0.717, 1.165) is 32.5 Å². The first kappa shape index (κ1) is 20.0. The average Bonchev–Trinajstić information content (AvgIpc) is 2.65. The average molecular weight is 392 g/mol. The molecule has 8 heteroatoms. The van der Waals surface area contributed by atoms with Gasteiger partial charge in [-0.05, 0) is 36.1 Å². The Labute approximate surface area is 162 Å². The Kier molecular flexibility index (Phi) is 6.41. The molecule has 2 aromatic rings. The second-order valence-electron chi connectivity index (χ2n) is 6.58. The quantitative estimate of drug-likeness (QED) is 0.446. The molecule has 1 aliphatic heterocycles. The van der Waals surface area contributed by atoms with Gasteiger partial charge in [0.05, 0.1) is 5.69 Å². The van der Waals surface area contributed by atoms with Gasteiger partial charge in [-0.15, -0.1) is 13.2 Å². The minimum absolute atomic E-state index is 0.0576. The number of nitrogens with zero attached hydrogens (tertiary/aromatic N) is 2. The van der Waals surface area contributed by atoms with Crippen molar-refractivity contribution in [1.82, 2.24) is 4.90 Å². The molecular formula is C20H23F3N4O. The summed E-state index contributed by atoms with van der Waals surface area (Å²) < 4.78 is 41.4. The Morgan fingerprint density at radius 2 is 1.82 bits per heavy atom. The maximum atomic E-state index is 12.5. The Morgan fingerprint density at radius 3 is 2.61 bits per heavy atom. The van der Waals surface area contributed by atoms with Gasteiger partial charge in [0.25, 0.3) is 0 Å². The SMILES string of the molecule is NC(=NCCCN1CCc2ccccc2C1)Nc1ccccc1OC(F)(F)F. The van der Waals surface area contributed by atoms with Crippen molar-refractivity contribution >= 4 is 11.6 Å². The third-order valence-electron chi connectivity index (χ3n) is 4.50. The second kappa shape index (κ2) is 8.97. The number of anilines is 1. The van der Waals surface area contributed by atoms with Crippen LogP contribution in [0, 0.1) is 0 Å². The number of hydrogen-bond acceptors (Lipinski definition) is 3. The van der Waals surface area contributed by atoms with E-state index in [2.05, 4.69) is 44.2 Å². The van der Waals surface area contributed by atoms with Crippen LogP contribution in [0.2, 0.25) is 0 Å². The summed E-state index contributed by atoms with van der Waals surface area (Å²) in [4.78, 5) is 6.57. The Hall–Kier alpha value is -2.74. The van der Waals surface area contributed by atoms with Crippen LogP contribution in [0.25, 0.3) is 0 Å². The smallest absolute Gasteiger partial charge is 0.404 e. The van der Waals surface area contributed by atoms with Crippen molar-refractivity contribution in [1.29, 1.82) is 0 Å². The van der Waals surface area contributed by atoms with Gasteiger partial charge in [-0.3, -0.25) is 9.89 Å². The van der Waals surface area contributed by atoms with E-state index in [4.69, 9.17) is 5.73 Å². The summed E-state index contributed by atoms with van der Waals surface area (Å²) >= 11 is 0.